The number of phosphoric ester groups is 1. The summed E-state index contributed by atoms with van der Waals surface area (Å²) < 4.78 is 26.5. The maximum Gasteiger partial charge on any atom is 0.472 e. The standard InChI is InChI=1S/C38H66NO10P/c1-3-5-7-9-10-11-12-13-14-15-16-17-18-19-20-21-22-23-24-26-27-29-36(41)39-35(38(43)44)33-49-50(45,46)48-32-34(40)31-47-37(42)30-28-25-8-6-4-2/h10-11,13-14,16-17,19-20,34-35,40H,3-9,12,15,18,21-33H2,1-2H3,(H,39,41)(H,43,44)(H,45,46)/b11-10-,14-13-,17-16-,20-19-. The topological polar surface area (TPSA) is 169 Å². The SMILES string of the molecule is CCCCC/C=C\C/C=C\C/C=C\C/C=C\CCCCCCCC(=O)NC(COP(=O)(O)OCC(O)COC(=O)CCCCCCC)C(=O)O. The van der Waals surface area contributed by atoms with E-state index in [1.165, 1.54) is 25.7 Å². The molecule has 4 N–H and O–H groups in total. The van der Waals surface area contributed by atoms with E-state index in [9.17, 15) is 34.1 Å². The predicted molar refractivity (Wildman–Crippen MR) is 199 cm³/mol. The smallest absolute Gasteiger partial charge is 0.472 e. The maximum atomic E-state index is 12.2. The molecular formula is C38H66NO10P. The van der Waals surface area contributed by atoms with Gasteiger partial charge in [0.15, 0.2) is 6.04 Å². The lowest BCUT2D eigenvalue weighted by atomic mass is 10.1. The maximum absolute atomic E-state index is 12.2. The Kier molecular flexibility index (Phi) is 31.9. The molecule has 0 aromatic rings. The van der Waals surface area contributed by atoms with Crippen molar-refractivity contribution < 1.29 is 47.8 Å². The van der Waals surface area contributed by atoms with Gasteiger partial charge in [0.25, 0.3) is 0 Å². The van der Waals surface area contributed by atoms with Crippen molar-refractivity contribution in [1.82, 2.24) is 5.32 Å². The van der Waals surface area contributed by atoms with Gasteiger partial charge >= 0.3 is 19.8 Å². The van der Waals surface area contributed by atoms with E-state index in [4.69, 9.17) is 13.8 Å². The van der Waals surface area contributed by atoms with Crippen LogP contribution in [0, 0.1) is 0 Å². The van der Waals surface area contributed by atoms with Gasteiger partial charge in [-0.1, -0.05) is 120 Å². The van der Waals surface area contributed by atoms with Crippen LogP contribution in [0.2, 0.25) is 0 Å². The van der Waals surface area contributed by atoms with Gasteiger partial charge in [-0.2, -0.15) is 0 Å². The van der Waals surface area contributed by atoms with E-state index in [-0.39, 0.29) is 12.8 Å². The van der Waals surface area contributed by atoms with Gasteiger partial charge in [-0.25, -0.2) is 9.36 Å². The van der Waals surface area contributed by atoms with Crippen LogP contribution in [0.1, 0.15) is 142 Å². The molecule has 0 bridgehead atoms. The summed E-state index contributed by atoms with van der Waals surface area (Å²) in [6.07, 6.45) is 34.8. The number of unbranched alkanes of at least 4 members (excludes halogenated alkanes) is 12. The van der Waals surface area contributed by atoms with Crippen molar-refractivity contribution in [2.45, 2.75) is 154 Å². The molecule has 0 radical (unpaired) electrons. The third-order valence-corrected chi connectivity index (χ3v) is 8.57. The monoisotopic (exact) mass is 727 g/mol. The first-order valence-corrected chi connectivity index (χ1v) is 20.2. The van der Waals surface area contributed by atoms with E-state index in [2.05, 4.69) is 67.8 Å². The molecule has 0 aliphatic rings. The van der Waals surface area contributed by atoms with Gasteiger partial charge in [0.05, 0.1) is 13.2 Å². The summed E-state index contributed by atoms with van der Waals surface area (Å²) in [6, 6.07) is -1.56. The first kappa shape index (κ1) is 47.4. The highest BCUT2D eigenvalue weighted by molar-refractivity contribution is 7.47. The quantitative estimate of drug-likeness (QED) is 0.0218. The average Bonchev–Trinajstić information content (AvgIpc) is 3.08. The average molecular weight is 728 g/mol. The Morgan fingerprint density at radius 3 is 1.68 bits per heavy atom. The Bertz CT molecular complexity index is 1040. The van der Waals surface area contributed by atoms with Gasteiger partial charge in [0.1, 0.15) is 12.7 Å². The number of hydrogen-bond acceptors (Lipinski definition) is 8. The molecule has 0 aromatic heterocycles. The van der Waals surface area contributed by atoms with Crippen molar-refractivity contribution in [3.63, 3.8) is 0 Å². The minimum absolute atomic E-state index is 0.123. The van der Waals surface area contributed by atoms with E-state index in [1.807, 2.05) is 0 Å². The number of aliphatic hydroxyl groups is 1. The second-order valence-corrected chi connectivity index (χ2v) is 13.9. The highest BCUT2D eigenvalue weighted by atomic mass is 31.2. The number of esters is 1. The number of rotatable bonds is 34. The number of carbonyl (C=O) groups is 3. The van der Waals surface area contributed by atoms with E-state index in [0.717, 1.165) is 77.0 Å². The lowest BCUT2D eigenvalue weighted by Gasteiger charge is -2.18. The lowest BCUT2D eigenvalue weighted by molar-refractivity contribution is -0.147. The molecular weight excluding hydrogens is 661 g/mol. The number of amides is 1. The first-order chi connectivity index (χ1) is 24.1. The van der Waals surface area contributed by atoms with E-state index in [1.54, 1.807) is 0 Å². The zero-order valence-electron chi connectivity index (χ0n) is 30.7. The fourth-order valence-electron chi connectivity index (χ4n) is 4.65. The summed E-state index contributed by atoms with van der Waals surface area (Å²) in [6.45, 7) is 2.41. The summed E-state index contributed by atoms with van der Waals surface area (Å²) in [7, 11) is -4.75. The van der Waals surface area contributed by atoms with Crippen LogP contribution >= 0.6 is 7.82 Å². The van der Waals surface area contributed by atoms with E-state index >= 15 is 0 Å². The molecule has 50 heavy (non-hydrogen) atoms. The van der Waals surface area contributed by atoms with Gasteiger partial charge in [-0.05, 0) is 57.8 Å². The summed E-state index contributed by atoms with van der Waals surface area (Å²) in [5.41, 5.74) is 0. The van der Waals surface area contributed by atoms with Gasteiger partial charge in [0, 0.05) is 12.8 Å². The molecule has 0 aliphatic carbocycles. The molecule has 0 spiro atoms. The third-order valence-electron chi connectivity index (χ3n) is 7.62. The molecule has 0 saturated heterocycles. The number of allylic oxidation sites excluding steroid dienone is 8. The van der Waals surface area contributed by atoms with Gasteiger partial charge in [0.2, 0.25) is 5.91 Å². The fourth-order valence-corrected chi connectivity index (χ4v) is 5.42. The molecule has 3 atom stereocenters. The molecule has 0 aliphatic heterocycles. The highest BCUT2D eigenvalue weighted by Gasteiger charge is 2.28. The summed E-state index contributed by atoms with van der Waals surface area (Å²) in [5.74, 6) is -2.42. The van der Waals surface area contributed by atoms with Gasteiger partial charge in [-0.3, -0.25) is 18.6 Å². The Labute approximate surface area is 301 Å². The van der Waals surface area contributed by atoms with Gasteiger partial charge in [-0.15, -0.1) is 0 Å². The number of carbonyl (C=O) groups excluding carboxylic acids is 2. The van der Waals surface area contributed by atoms with Crippen LogP contribution in [0.3, 0.4) is 0 Å². The van der Waals surface area contributed by atoms with Crippen molar-refractivity contribution in [3.05, 3.63) is 48.6 Å². The van der Waals surface area contributed by atoms with Crippen molar-refractivity contribution >= 4 is 25.7 Å². The number of carboxylic acids is 1. The Hall–Kier alpha value is -2.56. The van der Waals surface area contributed by atoms with Crippen LogP contribution in [0.25, 0.3) is 0 Å². The molecule has 3 unspecified atom stereocenters. The normalized spacial score (nSPS) is 14.5. The van der Waals surface area contributed by atoms with Crippen LogP contribution in [-0.4, -0.2) is 64.9 Å². The number of phosphoric acid groups is 1. The van der Waals surface area contributed by atoms with Crippen LogP contribution in [0.15, 0.2) is 48.6 Å². The van der Waals surface area contributed by atoms with Crippen LogP contribution in [0.4, 0.5) is 0 Å². The lowest BCUT2D eigenvalue weighted by Crippen LogP contribution is -2.43. The molecule has 288 valence electrons. The number of aliphatic carboxylic acids is 1. The summed E-state index contributed by atoms with van der Waals surface area (Å²) in [4.78, 5) is 45.4. The minimum atomic E-state index is -4.75. The van der Waals surface area contributed by atoms with Crippen molar-refractivity contribution in [2.24, 2.45) is 0 Å². The molecule has 1 amide bonds. The Balaban J connectivity index is 3.99. The number of aliphatic hydroxyl groups excluding tert-OH is 1. The fraction of sp³-hybridized carbons (Fsp3) is 0.711. The predicted octanol–water partition coefficient (Wildman–Crippen LogP) is 8.66. The molecule has 0 saturated carbocycles. The van der Waals surface area contributed by atoms with Crippen LogP contribution < -0.4 is 5.32 Å². The number of ether oxygens (including phenoxy) is 1. The largest absolute Gasteiger partial charge is 0.480 e. The second kappa shape index (κ2) is 33.6. The molecule has 0 rings (SSSR count). The molecule has 0 fully saturated rings. The number of carboxylic acid groups (broad SMARTS) is 1. The number of nitrogens with one attached hydrogen (secondary N) is 1. The van der Waals surface area contributed by atoms with Crippen molar-refractivity contribution in [1.29, 1.82) is 0 Å². The Morgan fingerprint density at radius 1 is 0.640 bits per heavy atom. The van der Waals surface area contributed by atoms with E-state index < -0.39 is 57.6 Å². The zero-order valence-corrected chi connectivity index (χ0v) is 31.6. The zero-order chi connectivity index (χ0) is 37.1. The number of hydrogen-bond donors (Lipinski definition) is 4. The molecule has 11 nitrogen and oxygen atoms in total. The van der Waals surface area contributed by atoms with Crippen LogP contribution in [0.5, 0.6) is 0 Å². The van der Waals surface area contributed by atoms with Crippen molar-refractivity contribution in [3.8, 4) is 0 Å². The summed E-state index contributed by atoms with van der Waals surface area (Å²) >= 11 is 0. The Morgan fingerprint density at radius 2 is 1.10 bits per heavy atom. The van der Waals surface area contributed by atoms with E-state index in [0.29, 0.717) is 12.8 Å². The van der Waals surface area contributed by atoms with Crippen LogP contribution in [-0.2, 0) is 32.7 Å². The molecule has 12 heteroatoms. The molecule has 0 heterocycles. The first-order valence-electron chi connectivity index (χ1n) is 18.7. The highest BCUT2D eigenvalue weighted by Crippen LogP contribution is 2.43. The molecule has 0 aromatic carbocycles. The second-order valence-electron chi connectivity index (χ2n) is 12.4. The summed E-state index contributed by atoms with van der Waals surface area (Å²) in [5, 5.41) is 21.6. The van der Waals surface area contributed by atoms with Gasteiger partial charge < -0.3 is 25.2 Å². The minimum Gasteiger partial charge on any atom is -0.480 e. The third kappa shape index (κ3) is 32.6. The van der Waals surface area contributed by atoms with Crippen molar-refractivity contribution in [2.75, 3.05) is 19.8 Å².